The number of amides is 2. The predicted molar refractivity (Wildman–Crippen MR) is 118 cm³/mol. The van der Waals surface area contributed by atoms with Gasteiger partial charge < -0.3 is 10.2 Å². The lowest BCUT2D eigenvalue weighted by Crippen LogP contribution is -2.37. The number of rotatable bonds is 6. The number of nitrogens with zero attached hydrogens (tertiary/aromatic N) is 1. The maximum Gasteiger partial charge on any atom is 0.254 e. The van der Waals surface area contributed by atoms with Crippen LogP contribution < -0.4 is 5.32 Å². The van der Waals surface area contributed by atoms with E-state index in [9.17, 15) is 14.0 Å². The molecule has 0 atom stereocenters. The molecule has 0 fully saturated rings. The molecule has 0 saturated carbocycles. The number of anilines is 1. The van der Waals surface area contributed by atoms with Gasteiger partial charge in [-0.15, -0.1) is 0 Å². The van der Waals surface area contributed by atoms with Gasteiger partial charge in [0.1, 0.15) is 12.4 Å². The van der Waals surface area contributed by atoms with Gasteiger partial charge in [-0.2, -0.15) is 0 Å². The Balaban J connectivity index is 1.81. The zero-order chi connectivity index (χ0) is 21.7. The van der Waals surface area contributed by atoms with Crippen LogP contribution in [0.15, 0.2) is 66.7 Å². The summed E-state index contributed by atoms with van der Waals surface area (Å²) in [6, 6.07) is 17.3. The molecule has 3 rings (SSSR count). The van der Waals surface area contributed by atoms with Gasteiger partial charge in [0.25, 0.3) is 5.91 Å². The first kappa shape index (κ1) is 22.1. The first-order valence-corrected chi connectivity index (χ1v) is 10.00. The average Bonchev–Trinajstić information content (AvgIpc) is 2.72. The van der Waals surface area contributed by atoms with Crippen LogP contribution in [0.3, 0.4) is 0 Å². The van der Waals surface area contributed by atoms with Crippen LogP contribution in [0.4, 0.5) is 10.1 Å². The number of hydrogen-bond donors (Lipinski definition) is 1. The monoisotopic (exact) mass is 464 g/mol. The molecule has 0 radical (unpaired) electrons. The summed E-state index contributed by atoms with van der Waals surface area (Å²) in [5.74, 6) is -1.42. The second kappa shape index (κ2) is 9.94. The lowest BCUT2D eigenvalue weighted by Gasteiger charge is -2.23. The third-order valence-corrected chi connectivity index (χ3v) is 5.15. The highest BCUT2D eigenvalue weighted by molar-refractivity contribution is 6.31. The second-order valence-corrected chi connectivity index (χ2v) is 7.69. The van der Waals surface area contributed by atoms with E-state index in [4.69, 9.17) is 34.8 Å². The first-order chi connectivity index (χ1) is 14.3. The zero-order valence-corrected chi connectivity index (χ0v) is 17.8. The highest BCUT2D eigenvalue weighted by Crippen LogP contribution is 2.21. The van der Waals surface area contributed by atoms with Gasteiger partial charge in [-0.3, -0.25) is 9.59 Å². The number of benzene rings is 3. The molecule has 2 amide bonds. The van der Waals surface area contributed by atoms with Gasteiger partial charge >= 0.3 is 0 Å². The maximum absolute atomic E-state index is 13.3. The topological polar surface area (TPSA) is 49.4 Å². The van der Waals surface area contributed by atoms with Crippen molar-refractivity contribution in [2.75, 3.05) is 11.9 Å². The fourth-order valence-electron chi connectivity index (χ4n) is 2.75. The summed E-state index contributed by atoms with van der Waals surface area (Å²) in [5, 5.41) is 3.48. The summed E-state index contributed by atoms with van der Waals surface area (Å²) < 4.78 is 13.3. The summed E-state index contributed by atoms with van der Waals surface area (Å²) in [7, 11) is 0. The van der Waals surface area contributed by atoms with Gasteiger partial charge in [0.15, 0.2) is 0 Å². The molecule has 0 bridgehead atoms. The molecule has 0 aromatic heterocycles. The van der Waals surface area contributed by atoms with E-state index in [0.29, 0.717) is 26.9 Å². The Morgan fingerprint density at radius 3 is 2.27 bits per heavy atom. The summed E-state index contributed by atoms with van der Waals surface area (Å²) >= 11 is 17.9. The predicted octanol–water partition coefficient (Wildman–Crippen LogP) is 6.07. The molecule has 30 heavy (non-hydrogen) atoms. The molecule has 0 heterocycles. The van der Waals surface area contributed by atoms with Crippen molar-refractivity contribution >= 4 is 52.3 Å². The molecule has 0 aliphatic rings. The Bertz CT molecular complexity index is 1070. The zero-order valence-electron chi connectivity index (χ0n) is 15.5. The molecule has 154 valence electrons. The van der Waals surface area contributed by atoms with Crippen molar-refractivity contribution in [1.29, 1.82) is 0 Å². The number of nitrogens with one attached hydrogen (secondary N) is 1. The van der Waals surface area contributed by atoms with Crippen LogP contribution in [0.5, 0.6) is 0 Å². The largest absolute Gasteiger partial charge is 0.325 e. The van der Waals surface area contributed by atoms with Gasteiger partial charge in [-0.25, -0.2) is 4.39 Å². The second-order valence-electron chi connectivity index (χ2n) is 6.44. The van der Waals surface area contributed by atoms with E-state index in [-0.39, 0.29) is 24.0 Å². The number of carbonyl (C=O) groups excluding carboxylic acids is 2. The van der Waals surface area contributed by atoms with Gasteiger partial charge in [-0.1, -0.05) is 53.0 Å². The van der Waals surface area contributed by atoms with Crippen molar-refractivity contribution in [3.8, 4) is 0 Å². The molecule has 3 aromatic carbocycles. The van der Waals surface area contributed by atoms with Gasteiger partial charge in [-0.05, 0) is 54.1 Å². The first-order valence-electron chi connectivity index (χ1n) is 8.86. The van der Waals surface area contributed by atoms with Crippen molar-refractivity contribution in [3.05, 3.63) is 98.7 Å². The van der Waals surface area contributed by atoms with Crippen molar-refractivity contribution in [1.82, 2.24) is 4.90 Å². The Morgan fingerprint density at radius 2 is 1.60 bits per heavy atom. The van der Waals surface area contributed by atoms with Crippen LogP contribution in [0.1, 0.15) is 15.9 Å². The normalized spacial score (nSPS) is 10.5. The fraction of sp³-hybridized carbons (Fsp3) is 0.0909. The van der Waals surface area contributed by atoms with Gasteiger partial charge in [0, 0.05) is 27.8 Å². The minimum Gasteiger partial charge on any atom is -0.325 e. The van der Waals surface area contributed by atoms with Crippen molar-refractivity contribution in [2.45, 2.75) is 6.54 Å². The Hall–Kier alpha value is -2.60. The third-order valence-electron chi connectivity index (χ3n) is 4.24. The van der Waals surface area contributed by atoms with Crippen molar-refractivity contribution in [3.63, 3.8) is 0 Å². The standard InChI is InChI=1S/C22H16Cl3FN2O2/c23-16-7-5-14(6-8-16)22(30)28(12-15-3-1-2-4-18(15)24)13-21(29)27-17-9-10-20(26)19(25)11-17/h1-11H,12-13H2,(H,27,29). The van der Waals surface area contributed by atoms with E-state index < -0.39 is 11.7 Å². The lowest BCUT2D eigenvalue weighted by molar-refractivity contribution is -0.117. The highest BCUT2D eigenvalue weighted by atomic mass is 35.5. The molecule has 0 unspecified atom stereocenters. The summed E-state index contributed by atoms with van der Waals surface area (Å²) in [5.41, 5.74) is 1.39. The smallest absolute Gasteiger partial charge is 0.254 e. The van der Waals surface area contributed by atoms with Crippen LogP contribution >= 0.6 is 34.8 Å². The fourth-order valence-corrected chi connectivity index (χ4v) is 3.26. The van der Waals surface area contributed by atoms with E-state index in [1.807, 2.05) is 0 Å². The number of hydrogen-bond acceptors (Lipinski definition) is 2. The van der Waals surface area contributed by atoms with Crippen LogP contribution in [0, 0.1) is 5.82 Å². The molecule has 4 nitrogen and oxygen atoms in total. The Labute approximate surface area is 188 Å². The van der Waals surface area contributed by atoms with Crippen molar-refractivity contribution in [2.24, 2.45) is 0 Å². The van der Waals surface area contributed by atoms with Gasteiger partial charge in [0.2, 0.25) is 5.91 Å². The number of carbonyl (C=O) groups is 2. The third kappa shape index (κ3) is 5.72. The lowest BCUT2D eigenvalue weighted by atomic mass is 10.1. The van der Waals surface area contributed by atoms with Crippen molar-refractivity contribution < 1.29 is 14.0 Å². The minimum absolute atomic E-state index is 0.113. The number of halogens is 4. The van der Waals surface area contributed by atoms with Crippen LogP contribution in [-0.2, 0) is 11.3 Å². The average molecular weight is 466 g/mol. The van der Waals surface area contributed by atoms with E-state index in [1.165, 1.54) is 17.0 Å². The van der Waals surface area contributed by atoms with E-state index in [0.717, 1.165) is 6.07 Å². The molecule has 0 aliphatic carbocycles. The highest BCUT2D eigenvalue weighted by Gasteiger charge is 2.20. The molecule has 0 saturated heterocycles. The minimum atomic E-state index is -0.590. The summed E-state index contributed by atoms with van der Waals surface area (Å²) in [4.78, 5) is 27.0. The molecule has 0 spiro atoms. The van der Waals surface area contributed by atoms with Crippen LogP contribution in [0.2, 0.25) is 15.1 Å². The Kier molecular flexibility index (Phi) is 7.32. The summed E-state index contributed by atoms with van der Waals surface area (Å²) in [6.45, 7) is -0.125. The van der Waals surface area contributed by atoms with E-state index in [1.54, 1.807) is 48.5 Å². The summed E-state index contributed by atoms with van der Waals surface area (Å²) in [6.07, 6.45) is 0. The van der Waals surface area contributed by atoms with Crippen LogP contribution in [-0.4, -0.2) is 23.3 Å². The Morgan fingerprint density at radius 1 is 0.900 bits per heavy atom. The quantitative estimate of drug-likeness (QED) is 0.480. The SMILES string of the molecule is O=C(CN(Cc1ccccc1Cl)C(=O)c1ccc(Cl)cc1)Nc1ccc(F)c(Cl)c1. The van der Waals surface area contributed by atoms with E-state index in [2.05, 4.69) is 5.32 Å². The van der Waals surface area contributed by atoms with Gasteiger partial charge in [0.05, 0.1) is 5.02 Å². The molecular weight excluding hydrogens is 450 g/mol. The van der Waals surface area contributed by atoms with E-state index >= 15 is 0 Å². The molecule has 1 N–H and O–H groups in total. The molecule has 3 aromatic rings. The molecular formula is C22H16Cl3FN2O2. The molecule has 8 heteroatoms. The maximum atomic E-state index is 13.3. The van der Waals surface area contributed by atoms with Crippen LogP contribution in [0.25, 0.3) is 0 Å². The molecule has 0 aliphatic heterocycles.